The van der Waals surface area contributed by atoms with E-state index in [1.807, 2.05) is 0 Å². The fourth-order valence-corrected chi connectivity index (χ4v) is 2.31. The molecule has 66 valence electrons. The Bertz CT molecular complexity index is 126. The third-order valence-corrected chi connectivity index (χ3v) is 3.54. The Balaban J connectivity index is 2.75. The van der Waals surface area contributed by atoms with Crippen LogP contribution in [0.1, 0.15) is 46.5 Å². The molecule has 2 N–H and O–H groups in total. The van der Waals surface area contributed by atoms with Crippen LogP contribution in [0.3, 0.4) is 0 Å². The van der Waals surface area contributed by atoms with Gasteiger partial charge in [-0.25, -0.2) is 0 Å². The summed E-state index contributed by atoms with van der Waals surface area (Å²) in [5.74, 6) is 0. The predicted octanol–water partition coefficient (Wildman–Crippen LogP) is 2.55. The van der Waals surface area contributed by atoms with Gasteiger partial charge < -0.3 is 5.73 Å². The van der Waals surface area contributed by atoms with Gasteiger partial charge in [0.15, 0.2) is 0 Å². The molecule has 0 aliphatic heterocycles. The Labute approximate surface area is 70.4 Å². The van der Waals surface area contributed by atoms with Crippen molar-refractivity contribution < 1.29 is 0 Å². The predicted molar refractivity (Wildman–Crippen MR) is 49.4 cm³/mol. The summed E-state index contributed by atoms with van der Waals surface area (Å²) in [4.78, 5) is 0. The topological polar surface area (TPSA) is 26.0 Å². The van der Waals surface area contributed by atoms with Crippen LogP contribution >= 0.6 is 0 Å². The molecular formula is C10H21N. The van der Waals surface area contributed by atoms with Gasteiger partial charge in [-0.3, -0.25) is 0 Å². The van der Waals surface area contributed by atoms with E-state index in [0.29, 0.717) is 10.8 Å². The summed E-state index contributed by atoms with van der Waals surface area (Å²) >= 11 is 0. The first-order valence-electron chi connectivity index (χ1n) is 4.72. The van der Waals surface area contributed by atoms with Gasteiger partial charge in [-0.15, -0.1) is 0 Å². The van der Waals surface area contributed by atoms with Crippen LogP contribution in [0.5, 0.6) is 0 Å². The lowest BCUT2D eigenvalue weighted by Crippen LogP contribution is -2.39. The summed E-state index contributed by atoms with van der Waals surface area (Å²) < 4.78 is 0. The quantitative estimate of drug-likeness (QED) is 0.618. The SMILES string of the molecule is CC(C)(C)C1(CN)CCCC1. The molecule has 0 amide bonds. The standard InChI is InChI=1S/C10H21N/c1-9(2,3)10(8-11)6-4-5-7-10/h4-8,11H2,1-3H3. The molecular weight excluding hydrogens is 134 g/mol. The Morgan fingerprint density at radius 2 is 1.64 bits per heavy atom. The second-order valence-electron chi connectivity index (χ2n) is 4.94. The van der Waals surface area contributed by atoms with Crippen LogP contribution in [0.4, 0.5) is 0 Å². The summed E-state index contributed by atoms with van der Waals surface area (Å²) in [5.41, 5.74) is 6.71. The van der Waals surface area contributed by atoms with Crippen molar-refractivity contribution in [2.75, 3.05) is 6.54 Å². The third-order valence-electron chi connectivity index (χ3n) is 3.54. The third kappa shape index (κ3) is 1.44. The summed E-state index contributed by atoms with van der Waals surface area (Å²) in [7, 11) is 0. The summed E-state index contributed by atoms with van der Waals surface area (Å²) in [6, 6.07) is 0. The van der Waals surface area contributed by atoms with Crippen LogP contribution in [-0.4, -0.2) is 6.54 Å². The van der Waals surface area contributed by atoms with E-state index < -0.39 is 0 Å². The van der Waals surface area contributed by atoms with Gasteiger partial charge in [-0.2, -0.15) is 0 Å². The molecule has 1 nitrogen and oxygen atoms in total. The van der Waals surface area contributed by atoms with Crippen LogP contribution in [0.25, 0.3) is 0 Å². The average molecular weight is 155 g/mol. The van der Waals surface area contributed by atoms with Crippen molar-refractivity contribution in [2.45, 2.75) is 46.5 Å². The smallest absolute Gasteiger partial charge is 0.00155 e. The van der Waals surface area contributed by atoms with Crippen molar-refractivity contribution in [1.29, 1.82) is 0 Å². The summed E-state index contributed by atoms with van der Waals surface area (Å²) in [5, 5.41) is 0. The Morgan fingerprint density at radius 3 is 1.82 bits per heavy atom. The molecule has 11 heavy (non-hydrogen) atoms. The fraction of sp³-hybridized carbons (Fsp3) is 1.00. The van der Waals surface area contributed by atoms with Crippen LogP contribution in [0, 0.1) is 10.8 Å². The fourth-order valence-electron chi connectivity index (χ4n) is 2.31. The molecule has 1 heteroatoms. The van der Waals surface area contributed by atoms with Gasteiger partial charge in [0.1, 0.15) is 0 Å². The average Bonchev–Trinajstić information content (AvgIpc) is 2.33. The zero-order valence-electron chi connectivity index (χ0n) is 8.11. The molecule has 0 aromatic carbocycles. The van der Waals surface area contributed by atoms with E-state index in [4.69, 9.17) is 5.73 Å². The Morgan fingerprint density at radius 1 is 1.18 bits per heavy atom. The second kappa shape index (κ2) is 2.78. The molecule has 1 aliphatic carbocycles. The molecule has 1 aliphatic rings. The van der Waals surface area contributed by atoms with Crippen molar-refractivity contribution in [3.63, 3.8) is 0 Å². The highest BCUT2D eigenvalue weighted by Gasteiger charge is 2.42. The van der Waals surface area contributed by atoms with Crippen LogP contribution in [0.15, 0.2) is 0 Å². The van der Waals surface area contributed by atoms with E-state index in [1.54, 1.807) is 0 Å². The zero-order valence-corrected chi connectivity index (χ0v) is 8.11. The van der Waals surface area contributed by atoms with Crippen molar-refractivity contribution in [2.24, 2.45) is 16.6 Å². The van der Waals surface area contributed by atoms with Crippen molar-refractivity contribution in [3.8, 4) is 0 Å². The molecule has 0 heterocycles. The van der Waals surface area contributed by atoms with Gasteiger partial charge in [0.05, 0.1) is 0 Å². The van der Waals surface area contributed by atoms with Gasteiger partial charge >= 0.3 is 0 Å². The van der Waals surface area contributed by atoms with E-state index in [9.17, 15) is 0 Å². The molecule has 1 fully saturated rings. The Hall–Kier alpha value is -0.0400. The largest absolute Gasteiger partial charge is 0.330 e. The molecule has 1 rings (SSSR count). The normalized spacial score (nSPS) is 24.0. The van der Waals surface area contributed by atoms with Gasteiger partial charge in [-0.05, 0) is 30.2 Å². The summed E-state index contributed by atoms with van der Waals surface area (Å²) in [6.07, 6.45) is 5.45. The first-order chi connectivity index (χ1) is 5.02. The maximum absolute atomic E-state index is 5.85. The molecule has 0 unspecified atom stereocenters. The number of nitrogens with two attached hydrogens (primary N) is 1. The van der Waals surface area contributed by atoms with E-state index >= 15 is 0 Å². The minimum Gasteiger partial charge on any atom is -0.330 e. The highest BCUT2D eigenvalue weighted by atomic mass is 14.6. The molecule has 0 atom stereocenters. The monoisotopic (exact) mass is 155 g/mol. The Kier molecular flexibility index (Phi) is 2.29. The molecule has 0 bridgehead atoms. The maximum Gasteiger partial charge on any atom is -0.00155 e. The summed E-state index contributed by atoms with van der Waals surface area (Å²) in [6.45, 7) is 7.85. The zero-order chi connectivity index (χ0) is 8.54. The van der Waals surface area contributed by atoms with E-state index in [0.717, 1.165) is 6.54 Å². The lowest BCUT2D eigenvalue weighted by atomic mass is 9.65. The highest BCUT2D eigenvalue weighted by Crippen LogP contribution is 2.50. The van der Waals surface area contributed by atoms with Crippen LogP contribution < -0.4 is 5.73 Å². The van der Waals surface area contributed by atoms with Gasteiger partial charge in [-0.1, -0.05) is 33.6 Å². The van der Waals surface area contributed by atoms with E-state index in [1.165, 1.54) is 25.7 Å². The highest BCUT2D eigenvalue weighted by molar-refractivity contribution is 4.94. The molecule has 0 aromatic rings. The van der Waals surface area contributed by atoms with Crippen molar-refractivity contribution >= 4 is 0 Å². The van der Waals surface area contributed by atoms with Crippen molar-refractivity contribution in [3.05, 3.63) is 0 Å². The minimum absolute atomic E-state index is 0.401. The second-order valence-corrected chi connectivity index (χ2v) is 4.94. The van der Waals surface area contributed by atoms with Gasteiger partial charge in [0.2, 0.25) is 0 Å². The first kappa shape index (κ1) is 9.05. The van der Waals surface area contributed by atoms with Gasteiger partial charge in [0.25, 0.3) is 0 Å². The molecule has 0 radical (unpaired) electrons. The van der Waals surface area contributed by atoms with E-state index in [-0.39, 0.29) is 0 Å². The number of hydrogen-bond acceptors (Lipinski definition) is 1. The van der Waals surface area contributed by atoms with E-state index in [2.05, 4.69) is 20.8 Å². The molecule has 0 spiro atoms. The molecule has 0 aromatic heterocycles. The lowest BCUT2D eigenvalue weighted by molar-refractivity contribution is 0.103. The first-order valence-corrected chi connectivity index (χ1v) is 4.72. The minimum atomic E-state index is 0.401. The maximum atomic E-state index is 5.85. The molecule has 0 saturated heterocycles. The number of rotatable bonds is 1. The lowest BCUT2D eigenvalue weighted by Gasteiger charge is -2.41. The van der Waals surface area contributed by atoms with Crippen molar-refractivity contribution in [1.82, 2.24) is 0 Å². The number of hydrogen-bond donors (Lipinski definition) is 1. The van der Waals surface area contributed by atoms with Crippen LogP contribution in [-0.2, 0) is 0 Å². The van der Waals surface area contributed by atoms with Gasteiger partial charge in [0, 0.05) is 0 Å². The van der Waals surface area contributed by atoms with Crippen LogP contribution in [0.2, 0.25) is 0 Å². The molecule has 1 saturated carbocycles.